The number of halogens is 2. The van der Waals surface area contributed by atoms with Gasteiger partial charge in [-0.25, -0.2) is 27.8 Å². The summed E-state index contributed by atoms with van der Waals surface area (Å²) in [5.41, 5.74) is 2.11. The molecule has 178 valence electrons. The van der Waals surface area contributed by atoms with Crippen molar-refractivity contribution < 1.29 is 18.3 Å². The van der Waals surface area contributed by atoms with Gasteiger partial charge in [0.1, 0.15) is 17.5 Å². The van der Waals surface area contributed by atoms with Crippen molar-refractivity contribution in [3.8, 4) is 22.9 Å². The molecular weight excluding hydrogens is 456 g/mol. The SMILES string of the molecule is COc1cc2nc(-c3cnn4ccc(N5CCC[C@@H]5c5cc(F)ccc5F)nc34)nn2cc1OC. The second-order valence-electron chi connectivity index (χ2n) is 8.28. The second kappa shape index (κ2) is 8.19. The van der Waals surface area contributed by atoms with E-state index in [1.165, 1.54) is 12.1 Å². The molecule has 1 fully saturated rings. The molecule has 35 heavy (non-hydrogen) atoms. The Morgan fingerprint density at radius 1 is 1.00 bits per heavy atom. The van der Waals surface area contributed by atoms with Crippen LogP contribution in [0, 0.1) is 11.6 Å². The van der Waals surface area contributed by atoms with Crippen LogP contribution < -0.4 is 14.4 Å². The number of pyridine rings is 1. The average molecular weight is 477 g/mol. The van der Waals surface area contributed by atoms with E-state index in [0.29, 0.717) is 58.5 Å². The average Bonchev–Trinajstić information content (AvgIpc) is 3.61. The van der Waals surface area contributed by atoms with E-state index in [9.17, 15) is 8.78 Å². The van der Waals surface area contributed by atoms with Crippen molar-refractivity contribution in [2.24, 2.45) is 0 Å². The highest BCUT2D eigenvalue weighted by molar-refractivity contribution is 5.74. The molecule has 4 aromatic heterocycles. The van der Waals surface area contributed by atoms with Crippen LogP contribution in [0.4, 0.5) is 14.6 Å². The molecule has 0 aliphatic carbocycles. The van der Waals surface area contributed by atoms with Crippen molar-refractivity contribution in [1.82, 2.24) is 29.2 Å². The summed E-state index contributed by atoms with van der Waals surface area (Å²) in [5.74, 6) is 1.28. The summed E-state index contributed by atoms with van der Waals surface area (Å²) in [4.78, 5) is 11.5. The summed E-state index contributed by atoms with van der Waals surface area (Å²) in [7, 11) is 3.11. The molecule has 0 unspecified atom stereocenters. The van der Waals surface area contributed by atoms with Crippen LogP contribution in [0.2, 0.25) is 0 Å². The van der Waals surface area contributed by atoms with E-state index in [2.05, 4.69) is 15.2 Å². The third-order valence-corrected chi connectivity index (χ3v) is 6.30. The van der Waals surface area contributed by atoms with Gasteiger partial charge in [0, 0.05) is 24.4 Å². The molecule has 1 atom stereocenters. The Kier molecular flexibility index (Phi) is 4.97. The number of hydrogen-bond donors (Lipinski definition) is 0. The molecular formula is C24H21F2N7O2. The number of nitrogens with zero attached hydrogens (tertiary/aromatic N) is 7. The zero-order valence-electron chi connectivity index (χ0n) is 19.0. The fraction of sp³-hybridized carbons (Fsp3) is 0.250. The molecule has 5 aromatic rings. The molecule has 0 saturated carbocycles. The first kappa shape index (κ1) is 21.3. The minimum Gasteiger partial charge on any atom is -0.493 e. The number of aromatic nitrogens is 6. The Balaban J connectivity index is 1.42. The topological polar surface area (TPSA) is 82.1 Å². The monoisotopic (exact) mass is 477 g/mol. The number of rotatable bonds is 5. The van der Waals surface area contributed by atoms with Gasteiger partial charge in [-0.2, -0.15) is 5.10 Å². The van der Waals surface area contributed by atoms with Crippen LogP contribution in [-0.4, -0.2) is 50.0 Å². The van der Waals surface area contributed by atoms with Crippen molar-refractivity contribution >= 4 is 17.1 Å². The second-order valence-corrected chi connectivity index (χ2v) is 8.28. The number of anilines is 1. The number of benzene rings is 1. The fourth-order valence-corrected chi connectivity index (χ4v) is 4.63. The third kappa shape index (κ3) is 3.50. The molecule has 5 heterocycles. The molecule has 11 heteroatoms. The molecule has 0 N–H and O–H groups in total. The van der Waals surface area contributed by atoms with Gasteiger partial charge in [0.05, 0.1) is 38.2 Å². The lowest BCUT2D eigenvalue weighted by atomic mass is 10.0. The van der Waals surface area contributed by atoms with Crippen molar-refractivity contribution in [2.45, 2.75) is 18.9 Å². The Morgan fingerprint density at radius 2 is 1.86 bits per heavy atom. The largest absolute Gasteiger partial charge is 0.493 e. The molecule has 6 rings (SSSR count). The van der Waals surface area contributed by atoms with Gasteiger partial charge in [0.25, 0.3) is 0 Å². The number of fused-ring (bicyclic) bond motifs is 2. The van der Waals surface area contributed by atoms with Crippen LogP contribution in [-0.2, 0) is 0 Å². The highest BCUT2D eigenvalue weighted by atomic mass is 19.1. The van der Waals surface area contributed by atoms with Crippen molar-refractivity contribution in [1.29, 1.82) is 0 Å². The van der Waals surface area contributed by atoms with Gasteiger partial charge in [-0.1, -0.05) is 0 Å². The van der Waals surface area contributed by atoms with Gasteiger partial charge < -0.3 is 14.4 Å². The first-order chi connectivity index (χ1) is 17.1. The van der Waals surface area contributed by atoms with Crippen LogP contribution in [0.3, 0.4) is 0 Å². The predicted molar refractivity (Wildman–Crippen MR) is 124 cm³/mol. The lowest BCUT2D eigenvalue weighted by Gasteiger charge is -2.26. The molecule has 1 aliphatic heterocycles. The van der Waals surface area contributed by atoms with Crippen LogP contribution in [0.1, 0.15) is 24.4 Å². The molecule has 9 nitrogen and oxygen atoms in total. The Labute approximate surface area is 198 Å². The molecule has 1 aromatic carbocycles. The molecule has 0 amide bonds. The van der Waals surface area contributed by atoms with E-state index in [1.807, 2.05) is 11.0 Å². The Hall–Kier alpha value is -4.28. The molecule has 1 saturated heterocycles. The van der Waals surface area contributed by atoms with E-state index in [0.717, 1.165) is 12.5 Å². The van der Waals surface area contributed by atoms with Gasteiger partial charge in [0.2, 0.25) is 0 Å². The molecule has 0 radical (unpaired) electrons. The normalized spacial score (nSPS) is 15.9. The Morgan fingerprint density at radius 3 is 2.69 bits per heavy atom. The van der Waals surface area contributed by atoms with Crippen LogP contribution in [0.15, 0.2) is 48.9 Å². The summed E-state index contributed by atoms with van der Waals surface area (Å²) in [6, 6.07) is 6.83. The highest BCUT2D eigenvalue weighted by Crippen LogP contribution is 2.37. The fourth-order valence-electron chi connectivity index (χ4n) is 4.63. The van der Waals surface area contributed by atoms with Crippen LogP contribution in [0.25, 0.3) is 22.7 Å². The van der Waals surface area contributed by atoms with Gasteiger partial charge in [0.15, 0.2) is 28.6 Å². The van der Waals surface area contributed by atoms with E-state index < -0.39 is 11.6 Å². The zero-order chi connectivity index (χ0) is 24.1. The summed E-state index contributed by atoms with van der Waals surface area (Å²) < 4.78 is 42.4. The lowest BCUT2D eigenvalue weighted by Crippen LogP contribution is -2.24. The molecule has 1 aliphatic rings. The van der Waals surface area contributed by atoms with E-state index >= 15 is 0 Å². The minimum absolute atomic E-state index is 0.305. The maximum absolute atomic E-state index is 14.5. The summed E-state index contributed by atoms with van der Waals surface area (Å²) >= 11 is 0. The van der Waals surface area contributed by atoms with Gasteiger partial charge >= 0.3 is 0 Å². The summed E-state index contributed by atoms with van der Waals surface area (Å²) in [5, 5.41) is 8.96. The van der Waals surface area contributed by atoms with Gasteiger partial charge in [-0.05, 0) is 37.1 Å². The maximum atomic E-state index is 14.5. The molecule has 0 bridgehead atoms. The van der Waals surface area contributed by atoms with Crippen molar-refractivity contribution in [3.05, 3.63) is 66.1 Å². The quantitative estimate of drug-likeness (QED) is 0.377. The van der Waals surface area contributed by atoms with E-state index in [-0.39, 0.29) is 6.04 Å². The van der Waals surface area contributed by atoms with Crippen LogP contribution >= 0.6 is 0 Å². The summed E-state index contributed by atoms with van der Waals surface area (Å²) in [6.07, 6.45) is 6.69. The van der Waals surface area contributed by atoms with Crippen molar-refractivity contribution in [2.75, 3.05) is 25.7 Å². The predicted octanol–water partition coefficient (Wildman–Crippen LogP) is 4.08. The molecule has 0 spiro atoms. The lowest BCUT2D eigenvalue weighted by molar-refractivity contribution is 0.353. The van der Waals surface area contributed by atoms with Crippen LogP contribution in [0.5, 0.6) is 11.5 Å². The van der Waals surface area contributed by atoms with Crippen molar-refractivity contribution in [3.63, 3.8) is 0 Å². The number of methoxy groups -OCH3 is 2. The van der Waals surface area contributed by atoms with E-state index in [4.69, 9.17) is 14.5 Å². The first-order valence-electron chi connectivity index (χ1n) is 11.1. The smallest absolute Gasteiger partial charge is 0.187 e. The third-order valence-electron chi connectivity index (χ3n) is 6.30. The Bertz CT molecular complexity index is 1520. The standard InChI is InChI=1S/C24H21F2N7O2/c1-34-19-11-22-28-23(30-33(22)13-20(19)35-2)16-12-27-32-9-7-21(29-24(16)32)31-8-3-4-18(31)15-10-14(25)5-6-17(15)26/h5-7,9-13,18H,3-4,8H2,1-2H3/t18-/m1/s1. The zero-order valence-corrected chi connectivity index (χ0v) is 19.0. The maximum Gasteiger partial charge on any atom is 0.187 e. The van der Waals surface area contributed by atoms with E-state index in [1.54, 1.807) is 47.9 Å². The minimum atomic E-state index is -0.457. The highest BCUT2D eigenvalue weighted by Gasteiger charge is 2.30. The number of ether oxygens (including phenoxy) is 2. The first-order valence-corrected chi connectivity index (χ1v) is 11.1. The summed E-state index contributed by atoms with van der Waals surface area (Å²) in [6.45, 7) is 0.680. The number of hydrogen-bond acceptors (Lipinski definition) is 7. The van der Waals surface area contributed by atoms with Gasteiger partial charge in [-0.3, -0.25) is 0 Å². The van der Waals surface area contributed by atoms with Gasteiger partial charge in [-0.15, -0.1) is 5.10 Å².